The number of carbonyl (C=O) groups excluding carboxylic acids is 3. The van der Waals surface area contributed by atoms with Gasteiger partial charge in [-0.2, -0.15) is 4.98 Å². The zero-order chi connectivity index (χ0) is 27.1. The first-order valence-electron chi connectivity index (χ1n) is 13.5. The van der Waals surface area contributed by atoms with Gasteiger partial charge in [-0.25, -0.2) is 9.78 Å². The van der Waals surface area contributed by atoms with E-state index in [1.54, 1.807) is 22.8 Å². The average Bonchev–Trinajstić information content (AvgIpc) is 3.44. The minimum Gasteiger partial charge on any atom is -0.474 e. The number of hydrogen-bond acceptors (Lipinski definition) is 7. The molecule has 1 N–H and O–H groups in total. The molecule has 2 aliphatic rings. The topological polar surface area (TPSA) is 114 Å². The van der Waals surface area contributed by atoms with E-state index in [2.05, 4.69) is 15.3 Å². The molecule has 0 bridgehead atoms. The van der Waals surface area contributed by atoms with Crippen molar-refractivity contribution in [3.05, 3.63) is 42.1 Å². The van der Waals surface area contributed by atoms with E-state index >= 15 is 0 Å². The average molecular weight is 524 g/mol. The molecule has 1 unspecified atom stereocenters. The quantitative estimate of drug-likeness (QED) is 0.563. The third-order valence-electron chi connectivity index (χ3n) is 6.89. The van der Waals surface area contributed by atoms with E-state index in [0.29, 0.717) is 44.5 Å². The molecule has 10 heteroatoms. The first-order chi connectivity index (χ1) is 18.4. The molecule has 1 saturated carbocycles. The molecule has 2 heterocycles. The Morgan fingerprint density at radius 3 is 2.29 bits per heavy atom. The Kier molecular flexibility index (Phi) is 9.15. The van der Waals surface area contributed by atoms with Crippen molar-refractivity contribution in [2.75, 3.05) is 32.8 Å². The summed E-state index contributed by atoms with van der Waals surface area (Å²) >= 11 is 0. The van der Waals surface area contributed by atoms with Gasteiger partial charge in [0, 0.05) is 37.8 Å². The standard InChI is InChI=1S/C28H37N5O5/c1-4-37-28(36)33-16-14-32(15-17-33)27(35)24(19(2)3)31-26(34)22-18-23(38-21-12-8-9-13-21)30-25(29-22)20-10-6-5-7-11-20/h5-7,10-11,18-19,21,24H,4,8-9,12-17H2,1-3H3,(H,31,34). The van der Waals surface area contributed by atoms with Crippen molar-refractivity contribution in [1.29, 1.82) is 0 Å². The largest absolute Gasteiger partial charge is 0.474 e. The van der Waals surface area contributed by atoms with E-state index in [0.717, 1.165) is 31.2 Å². The van der Waals surface area contributed by atoms with Gasteiger partial charge >= 0.3 is 6.09 Å². The highest BCUT2D eigenvalue weighted by molar-refractivity contribution is 5.96. The molecular formula is C28H37N5O5. The first kappa shape index (κ1) is 27.3. The lowest BCUT2D eigenvalue weighted by molar-refractivity contribution is -0.135. The third kappa shape index (κ3) is 6.79. The number of aromatic nitrogens is 2. The number of benzene rings is 1. The predicted molar refractivity (Wildman–Crippen MR) is 142 cm³/mol. The highest BCUT2D eigenvalue weighted by atomic mass is 16.6. The zero-order valence-electron chi connectivity index (χ0n) is 22.4. The van der Waals surface area contributed by atoms with E-state index in [4.69, 9.17) is 9.47 Å². The summed E-state index contributed by atoms with van der Waals surface area (Å²) in [6.07, 6.45) is 3.84. The van der Waals surface area contributed by atoms with Crippen molar-refractivity contribution in [3.8, 4) is 17.3 Å². The van der Waals surface area contributed by atoms with Crippen molar-refractivity contribution in [3.63, 3.8) is 0 Å². The van der Waals surface area contributed by atoms with Crippen LogP contribution in [-0.4, -0.2) is 82.6 Å². The number of nitrogens with zero attached hydrogens (tertiary/aromatic N) is 4. The maximum Gasteiger partial charge on any atom is 0.409 e. The van der Waals surface area contributed by atoms with Crippen molar-refractivity contribution in [2.24, 2.45) is 5.92 Å². The molecule has 0 spiro atoms. The zero-order valence-corrected chi connectivity index (χ0v) is 22.4. The summed E-state index contributed by atoms with van der Waals surface area (Å²) in [4.78, 5) is 51.2. The molecule has 4 rings (SSSR count). The van der Waals surface area contributed by atoms with Crippen LogP contribution in [0.5, 0.6) is 5.88 Å². The molecule has 1 aromatic carbocycles. The van der Waals surface area contributed by atoms with E-state index in [1.165, 1.54) is 0 Å². The van der Waals surface area contributed by atoms with Crippen LogP contribution in [0.4, 0.5) is 4.79 Å². The Hall–Kier alpha value is -3.69. The van der Waals surface area contributed by atoms with Gasteiger partial charge < -0.3 is 24.6 Å². The Labute approximate surface area is 223 Å². The molecule has 1 aliphatic carbocycles. The van der Waals surface area contributed by atoms with E-state index in [9.17, 15) is 14.4 Å². The summed E-state index contributed by atoms with van der Waals surface area (Å²) in [6, 6.07) is 10.3. The molecular weight excluding hydrogens is 486 g/mol. The Morgan fingerprint density at radius 2 is 1.66 bits per heavy atom. The van der Waals surface area contributed by atoms with Crippen molar-refractivity contribution in [2.45, 2.75) is 58.6 Å². The van der Waals surface area contributed by atoms with Gasteiger partial charge in [-0.3, -0.25) is 9.59 Å². The van der Waals surface area contributed by atoms with Crippen LogP contribution in [0.25, 0.3) is 11.4 Å². The predicted octanol–water partition coefficient (Wildman–Crippen LogP) is 3.52. The van der Waals surface area contributed by atoms with Crippen molar-refractivity contribution < 1.29 is 23.9 Å². The van der Waals surface area contributed by atoms with Crippen LogP contribution < -0.4 is 10.1 Å². The van der Waals surface area contributed by atoms with Crippen LogP contribution in [-0.2, 0) is 9.53 Å². The fourth-order valence-electron chi connectivity index (χ4n) is 4.74. The molecule has 1 atom stereocenters. The fraction of sp³-hybridized carbons (Fsp3) is 0.536. The molecule has 2 fully saturated rings. The Bertz CT molecular complexity index is 1110. The summed E-state index contributed by atoms with van der Waals surface area (Å²) in [5.74, 6) is -0.0407. The second-order valence-electron chi connectivity index (χ2n) is 10.0. The number of carbonyl (C=O) groups is 3. The molecule has 1 saturated heterocycles. The summed E-state index contributed by atoms with van der Waals surface area (Å²) in [7, 11) is 0. The number of hydrogen-bond donors (Lipinski definition) is 1. The van der Waals surface area contributed by atoms with E-state index in [1.807, 2.05) is 44.2 Å². The number of piperazine rings is 1. The summed E-state index contributed by atoms with van der Waals surface area (Å²) in [5.41, 5.74) is 0.923. The summed E-state index contributed by atoms with van der Waals surface area (Å²) in [6.45, 7) is 7.38. The molecule has 10 nitrogen and oxygen atoms in total. The molecule has 0 radical (unpaired) electrons. The summed E-state index contributed by atoms with van der Waals surface area (Å²) < 4.78 is 11.2. The maximum atomic E-state index is 13.4. The van der Waals surface area contributed by atoms with Gasteiger partial charge in [-0.05, 0) is 38.5 Å². The third-order valence-corrected chi connectivity index (χ3v) is 6.89. The number of rotatable bonds is 8. The SMILES string of the molecule is CCOC(=O)N1CCN(C(=O)C(NC(=O)c2cc(OC3CCCC3)nc(-c3ccccc3)n2)C(C)C)CC1. The van der Waals surface area contributed by atoms with Crippen molar-refractivity contribution in [1.82, 2.24) is 25.1 Å². The minimum absolute atomic E-state index is 0.0719. The number of ether oxygens (including phenoxy) is 2. The second-order valence-corrected chi connectivity index (χ2v) is 10.0. The van der Waals surface area contributed by atoms with E-state index in [-0.39, 0.29) is 29.7 Å². The van der Waals surface area contributed by atoms with Crippen LogP contribution in [0.1, 0.15) is 56.9 Å². The normalized spacial score (nSPS) is 16.8. The molecule has 3 amide bonds. The highest BCUT2D eigenvalue weighted by Crippen LogP contribution is 2.25. The molecule has 2 aromatic rings. The fourth-order valence-corrected chi connectivity index (χ4v) is 4.74. The smallest absolute Gasteiger partial charge is 0.409 e. The lowest BCUT2D eigenvalue weighted by Gasteiger charge is -2.36. The number of nitrogens with one attached hydrogen (secondary N) is 1. The van der Waals surface area contributed by atoms with Gasteiger partial charge in [-0.15, -0.1) is 0 Å². The Balaban J connectivity index is 1.50. The van der Waals surface area contributed by atoms with Gasteiger partial charge in [0.1, 0.15) is 17.8 Å². The van der Waals surface area contributed by atoms with Gasteiger partial charge in [0.05, 0.1) is 6.61 Å². The van der Waals surface area contributed by atoms with Crippen LogP contribution in [0.2, 0.25) is 0 Å². The van der Waals surface area contributed by atoms with Gasteiger partial charge in [0.15, 0.2) is 5.82 Å². The van der Waals surface area contributed by atoms with Crippen LogP contribution in [0, 0.1) is 5.92 Å². The summed E-state index contributed by atoms with van der Waals surface area (Å²) in [5, 5.41) is 2.90. The van der Waals surface area contributed by atoms with Gasteiger partial charge in [-0.1, -0.05) is 44.2 Å². The van der Waals surface area contributed by atoms with Crippen LogP contribution >= 0.6 is 0 Å². The van der Waals surface area contributed by atoms with Crippen molar-refractivity contribution >= 4 is 17.9 Å². The monoisotopic (exact) mass is 523 g/mol. The van der Waals surface area contributed by atoms with Gasteiger partial charge in [0.25, 0.3) is 5.91 Å². The lowest BCUT2D eigenvalue weighted by atomic mass is 10.0. The van der Waals surface area contributed by atoms with Crippen LogP contribution in [0.3, 0.4) is 0 Å². The highest BCUT2D eigenvalue weighted by Gasteiger charge is 2.33. The first-order valence-corrected chi connectivity index (χ1v) is 13.5. The van der Waals surface area contributed by atoms with E-state index < -0.39 is 11.9 Å². The molecule has 38 heavy (non-hydrogen) atoms. The minimum atomic E-state index is -0.744. The van der Waals surface area contributed by atoms with Gasteiger partial charge in [0.2, 0.25) is 11.8 Å². The molecule has 1 aromatic heterocycles. The molecule has 204 valence electrons. The lowest BCUT2D eigenvalue weighted by Crippen LogP contribution is -2.57. The molecule has 1 aliphatic heterocycles. The maximum absolute atomic E-state index is 13.4. The second kappa shape index (κ2) is 12.7. The number of amides is 3. The Morgan fingerprint density at radius 1 is 1.00 bits per heavy atom. The van der Waals surface area contributed by atoms with Crippen LogP contribution in [0.15, 0.2) is 36.4 Å².